The van der Waals surface area contributed by atoms with Crippen LogP contribution in [0.3, 0.4) is 0 Å². The standard InChI is InChI=1S/C17H17N5O2/c1-10-5-4-6-14(12(10)3)20-17-18-8-13(9-19-17)16(23)21-15-7-11(2)24-22-15/h4-9H,1-3H3,(H,18,19,20)(H,21,22,23). The number of hydrogen-bond acceptors (Lipinski definition) is 6. The molecule has 1 amide bonds. The first kappa shape index (κ1) is 15.7. The number of aryl methyl sites for hydroxylation is 2. The van der Waals surface area contributed by atoms with E-state index in [1.54, 1.807) is 13.0 Å². The van der Waals surface area contributed by atoms with Gasteiger partial charge in [-0.1, -0.05) is 17.3 Å². The van der Waals surface area contributed by atoms with Gasteiger partial charge in [-0.2, -0.15) is 0 Å². The van der Waals surface area contributed by atoms with Crippen LogP contribution in [0, 0.1) is 20.8 Å². The van der Waals surface area contributed by atoms with Crippen molar-refractivity contribution in [1.29, 1.82) is 0 Å². The average Bonchev–Trinajstić information content (AvgIpc) is 2.97. The molecule has 0 aliphatic carbocycles. The molecule has 0 unspecified atom stereocenters. The summed E-state index contributed by atoms with van der Waals surface area (Å²) in [7, 11) is 0. The summed E-state index contributed by atoms with van der Waals surface area (Å²) in [6.07, 6.45) is 2.92. The van der Waals surface area contributed by atoms with Crippen molar-refractivity contribution in [1.82, 2.24) is 15.1 Å². The Morgan fingerprint density at radius 2 is 1.88 bits per heavy atom. The monoisotopic (exact) mass is 323 g/mol. The molecule has 0 fully saturated rings. The normalized spacial score (nSPS) is 10.5. The van der Waals surface area contributed by atoms with Crippen molar-refractivity contribution in [2.45, 2.75) is 20.8 Å². The van der Waals surface area contributed by atoms with Crippen LogP contribution in [0.15, 0.2) is 41.2 Å². The van der Waals surface area contributed by atoms with Crippen molar-refractivity contribution in [3.8, 4) is 0 Å². The van der Waals surface area contributed by atoms with Crippen LogP contribution in [0.2, 0.25) is 0 Å². The predicted molar refractivity (Wildman–Crippen MR) is 90.4 cm³/mol. The maximum atomic E-state index is 12.1. The Morgan fingerprint density at radius 1 is 1.12 bits per heavy atom. The molecule has 0 saturated heterocycles. The number of nitrogens with one attached hydrogen (secondary N) is 2. The van der Waals surface area contributed by atoms with Gasteiger partial charge in [-0.05, 0) is 38.0 Å². The first-order valence-electron chi connectivity index (χ1n) is 7.43. The molecule has 3 rings (SSSR count). The zero-order valence-electron chi connectivity index (χ0n) is 13.6. The Labute approximate surface area is 139 Å². The number of amides is 1. The van der Waals surface area contributed by atoms with Crippen LogP contribution in [-0.4, -0.2) is 21.0 Å². The lowest BCUT2D eigenvalue weighted by molar-refractivity contribution is 0.102. The minimum absolute atomic E-state index is 0.335. The number of carbonyl (C=O) groups is 1. The second-order valence-corrected chi connectivity index (χ2v) is 5.44. The third-order valence-electron chi connectivity index (χ3n) is 3.63. The fraction of sp³-hybridized carbons (Fsp3) is 0.176. The lowest BCUT2D eigenvalue weighted by Gasteiger charge is -2.10. The molecule has 7 nitrogen and oxygen atoms in total. The molecule has 0 radical (unpaired) electrons. The minimum atomic E-state index is -0.346. The van der Waals surface area contributed by atoms with Gasteiger partial charge in [-0.15, -0.1) is 0 Å². The van der Waals surface area contributed by atoms with Crippen molar-refractivity contribution in [2.75, 3.05) is 10.6 Å². The summed E-state index contributed by atoms with van der Waals surface area (Å²) in [5.74, 6) is 1.06. The molecule has 0 saturated carbocycles. The van der Waals surface area contributed by atoms with E-state index < -0.39 is 0 Å². The van der Waals surface area contributed by atoms with Gasteiger partial charge in [-0.3, -0.25) is 4.79 Å². The first-order chi connectivity index (χ1) is 11.5. The summed E-state index contributed by atoms with van der Waals surface area (Å²) in [6.45, 7) is 5.82. The van der Waals surface area contributed by atoms with Gasteiger partial charge in [0.2, 0.25) is 5.95 Å². The molecule has 1 aromatic carbocycles. The predicted octanol–water partition coefficient (Wildman–Crippen LogP) is 3.39. The first-order valence-corrected chi connectivity index (χ1v) is 7.43. The Bertz CT molecular complexity index is 871. The second-order valence-electron chi connectivity index (χ2n) is 5.44. The van der Waals surface area contributed by atoms with Crippen LogP contribution < -0.4 is 10.6 Å². The highest BCUT2D eigenvalue weighted by Gasteiger charge is 2.10. The minimum Gasteiger partial charge on any atom is -0.360 e. The SMILES string of the molecule is Cc1cc(NC(=O)c2cnc(Nc3cccc(C)c3C)nc2)no1. The van der Waals surface area contributed by atoms with Crippen LogP contribution >= 0.6 is 0 Å². The van der Waals surface area contributed by atoms with E-state index in [1.807, 2.05) is 32.0 Å². The Hall–Kier alpha value is -3.22. The lowest BCUT2D eigenvalue weighted by atomic mass is 10.1. The van der Waals surface area contributed by atoms with E-state index in [0.29, 0.717) is 23.1 Å². The van der Waals surface area contributed by atoms with Gasteiger partial charge in [0.1, 0.15) is 5.76 Å². The van der Waals surface area contributed by atoms with E-state index in [4.69, 9.17) is 4.52 Å². The molecule has 0 aliphatic heterocycles. The summed E-state index contributed by atoms with van der Waals surface area (Å²) < 4.78 is 4.90. The number of anilines is 3. The van der Waals surface area contributed by atoms with Crippen molar-refractivity contribution >= 4 is 23.4 Å². The summed E-state index contributed by atoms with van der Waals surface area (Å²) >= 11 is 0. The van der Waals surface area contributed by atoms with Crippen molar-refractivity contribution in [3.63, 3.8) is 0 Å². The van der Waals surface area contributed by atoms with E-state index in [9.17, 15) is 4.79 Å². The highest BCUT2D eigenvalue weighted by molar-refractivity contribution is 6.03. The topological polar surface area (TPSA) is 92.9 Å². The van der Waals surface area contributed by atoms with Crippen LogP contribution in [-0.2, 0) is 0 Å². The molecule has 24 heavy (non-hydrogen) atoms. The molecule has 3 aromatic rings. The van der Waals surface area contributed by atoms with Crippen LogP contribution in [0.1, 0.15) is 27.2 Å². The number of nitrogens with zero attached hydrogens (tertiary/aromatic N) is 3. The number of benzene rings is 1. The summed E-state index contributed by atoms with van der Waals surface area (Å²) in [6, 6.07) is 7.60. The molecule has 122 valence electrons. The van der Waals surface area contributed by atoms with Crippen molar-refractivity contribution in [2.24, 2.45) is 0 Å². The molecule has 2 N–H and O–H groups in total. The summed E-state index contributed by atoms with van der Waals surface area (Å²) in [5.41, 5.74) is 3.58. The van der Waals surface area contributed by atoms with Gasteiger partial charge < -0.3 is 15.2 Å². The highest BCUT2D eigenvalue weighted by Crippen LogP contribution is 2.20. The van der Waals surface area contributed by atoms with Crippen LogP contribution in [0.4, 0.5) is 17.5 Å². The third kappa shape index (κ3) is 3.40. The van der Waals surface area contributed by atoms with E-state index in [2.05, 4.69) is 25.8 Å². The fourth-order valence-electron chi connectivity index (χ4n) is 2.13. The number of aromatic nitrogens is 3. The Balaban J connectivity index is 1.71. The molecule has 0 aliphatic rings. The zero-order valence-corrected chi connectivity index (χ0v) is 13.6. The summed E-state index contributed by atoms with van der Waals surface area (Å²) in [4.78, 5) is 20.5. The largest absolute Gasteiger partial charge is 0.360 e. The third-order valence-corrected chi connectivity index (χ3v) is 3.63. The number of rotatable bonds is 4. The van der Waals surface area contributed by atoms with Gasteiger partial charge in [0.15, 0.2) is 5.82 Å². The van der Waals surface area contributed by atoms with E-state index >= 15 is 0 Å². The molecular weight excluding hydrogens is 306 g/mol. The van der Waals surface area contributed by atoms with E-state index in [0.717, 1.165) is 11.3 Å². The fourth-order valence-corrected chi connectivity index (χ4v) is 2.13. The van der Waals surface area contributed by atoms with Gasteiger partial charge in [-0.25, -0.2) is 9.97 Å². The Morgan fingerprint density at radius 3 is 2.54 bits per heavy atom. The van der Waals surface area contributed by atoms with Crippen LogP contribution in [0.5, 0.6) is 0 Å². The lowest BCUT2D eigenvalue weighted by Crippen LogP contribution is -2.13. The molecule has 7 heteroatoms. The van der Waals surface area contributed by atoms with Crippen LogP contribution in [0.25, 0.3) is 0 Å². The van der Waals surface area contributed by atoms with Gasteiger partial charge in [0.25, 0.3) is 5.91 Å². The van der Waals surface area contributed by atoms with Gasteiger partial charge in [0.05, 0.1) is 5.56 Å². The molecule has 2 aromatic heterocycles. The smallest absolute Gasteiger partial charge is 0.260 e. The second kappa shape index (κ2) is 6.49. The van der Waals surface area contributed by atoms with Gasteiger partial charge >= 0.3 is 0 Å². The molecular formula is C17H17N5O2. The molecule has 0 spiro atoms. The quantitative estimate of drug-likeness (QED) is 0.764. The highest BCUT2D eigenvalue weighted by atomic mass is 16.5. The average molecular weight is 323 g/mol. The van der Waals surface area contributed by atoms with E-state index in [-0.39, 0.29) is 5.91 Å². The number of hydrogen-bond donors (Lipinski definition) is 2. The van der Waals surface area contributed by atoms with Crippen molar-refractivity contribution < 1.29 is 9.32 Å². The van der Waals surface area contributed by atoms with Gasteiger partial charge in [0, 0.05) is 24.1 Å². The zero-order chi connectivity index (χ0) is 17.1. The Kier molecular flexibility index (Phi) is 4.24. The maximum absolute atomic E-state index is 12.1. The molecule has 0 bridgehead atoms. The number of carbonyl (C=O) groups excluding carboxylic acids is 1. The maximum Gasteiger partial charge on any atom is 0.260 e. The molecule has 2 heterocycles. The van der Waals surface area contributed by atoms with E-state index in [1.165, 1.54) is 18.0 Å². The van der Waals surface area contributed by atoms with Crippen molar-refractivity contribution in [3.05, 3.63) is 59.1 Å². The molecule has 0 atom stereocenters. The summed E-state index contributed by atoms with van der Waals surface area (Å²) in [5, 5.41) is 9.48.